The number of nitrogens with one attached hydrogen (secondary N) is 2. The van der Waals surface area contributed by atoms with Gasteiger partial charge in [-0.3, -0.25) is 5.10 Å². The second-order valence-corrected chi connectivity index (χ2v) is 7.40. The Morgan fingerprint density at radius 2 is 2.05 bits per heavy atom. The molecule has 1 aromatic rings. The number of hydrogen-bond acceptors (Lipinski definition) is 4. The summed E-state index contributed by atoms with van der Waals surface area (Å²) >= 11 is 0. The molecular formula is C13H24N4O2S. The minimum Gasteiger partial charge on any atom is -0.326 e. The molecule has 0 atom stereocenters. The number of rotatable bonds is 6. The molecule has 1 aliphatic carbocycles. The quantitative estimate of drug-likeness (QED) is 0.739. The molecule has 7 heteroatoms. The van der Waals surface area contributed by atoms with Gasteiger partial charge in [-0.1, -0.05) is 19.8 Å². The van der Waals surface area contributed by atoms with Crippen LogP contribution in [-0.2, 0) is 16.6 Å². The maximum absolute atomic E-state index is 12.4. The Morgan fingerprint density at radius 1 is 1.40 bits per heavy atom. The first kappa shape index (κ1) is 15.5. The largest absolute Gasteiger partial charge is 0.326 e. The summed E-state index contributed by atoms with van der Waals surface area (Å²) in [5.41, 5.74) is 6.99. The van der Waals surface area contributed by atoms with E-state index in [9.17, 15) is 8.42 Å². The summed E-state index contributed by atoms with van der Waals surface area (Å²) in [7, 11) is -3.59. The fourth-order valence-corrected chi connectivity index (χ4v) is 4.35. The summed E-state index contributed by atoms with van der Waals surface area (Å²) in [6.45, 7) is 4.56. The zero-order valence-corrected chi connectivity index (χ0v) is 13.0. The van der Waals surface area contributed by atoms with E-state index in [-0.39, 0.29) is 17.0 Å². The van der Waals surface area contributed by atoms with Crippen LogP contribution in [0.1, 0.15) is 50.3 Å². The molecule has 0 spiro atoms. The van der Waals surface area contributed by atoms with Crippen LogP contribution in [0.25, 0.3) is 0 Å². The predicted molar refractivity (Wildman–Crippen MR) is 77.6 cm³/mol. The number of sulfonamides is 1. The Balaban J connectivity index is 2.15. The van der Waals surface area contributed by atoms with Gasteiger partial charge < -0.3 is 5.73 Å². The van der Waals surface area contributed by atoms with E-state index in [0.29, 0.717) is 17.8 Å². The van der Waals surface area contributed by atoms with E-state index in [1.807, 2.05) is 0 Å². The normalized spacial score (nSPS) is 18.6. The third kappa shape index (κ3) is 2.89. The molecule has 0 amide bonds. The van der Waals surface area contributed by atoms with E-state index in [2.05, 4.69) is 21.8 Å². The highest BCUT2D eigenvalue weighted by atomic mass is 32.2. The molecule has 0 unspecified atom stereocenters. The Labute approximate surface area is 120 Å². The summed E-state index contributed by atoms with van der Waals surface area (Å²) in [6, 6.07) is 0. The molecular weight excluding hydrogens is 276 g/mol. The van der Waals surface area contributed by atoms with Gasteiger partial charge in [-0.2, -0.15) is 5.10 Å². The van der Waals surface area contributed by atoms with Gasteiger partial charge in [0.15, 0.2) is 5.03 Å². The fraction of sp³-hybridized carbons (Fsp3) is 0.769. The summed E-state index contributed by atoms with van der Waals surface area (Å²) in [4.78, 5) is 0. The molecule has 20 heavy (non-hydrogen) atoms. The van der Waals surface area contributed by atoms with Gasteiger partial charge in [0.1, 0.15) is 0 Å². The minimum absolute atomic E-state index is 0.0433. The van der Waals surface area contributed by atoms with Crippen molar-refractivity contribution in [3.05, 3.63) is 11.3 Å². The fourth-order valence-electron chi connectivity index (χ4n) is 2.99. The average molecular weight is 300 g/mol. The van der Waals surface area contributed by atoms with E-state index >= 15 is 0 Å². The van der Waals surface area contributed by atoms with Crippen molar-refractivity contribution < 1.29 is 8.42 Å². The first-order valence-electron chi connectivity index (χ1n) is 7.18. The molecule has 1 aromatic heterocycles. The van der Waals surface area contributed by atoms with Crippen molar-refractivity contribution in [3.8, 4) is 0 Å². The van der Waals surface area contributed by atoms with Crippen LogP contribution in [-0.4, -0.2) is 25.2 Å². The van der Waals surface area contributed by atoms with Crippen molar-refractivity contribution in [3.63, 3.8) is 0 Å². The first-order valence-corrected chi connectivity index (χ1v) is 8.66. The van der Waals surface area contributed by atoms with E-state index in [0.717, 1.165) is 19.3 Å². The molecule has 1 heterocycles. The molecule has 114 valence electrons. The van der Waals surface area contributed by atoms with Gasteiger partial charge >= 0.3 is 0 Å². The number of nitrogens with two attached hydrogens (primary N) is 1. The zero-order valence-electron chi connectivity index (χ0n) is 12.2. The van der Waals surface area contributed by atoms with Gasteiger partial charge in [-0.05, 0) is 31.6 Å². The minimum atomic E-state index is -3.59. The molecule has 1 saturated carbocycles. The molecule has 6 nitrogen and oxygen atoms in total. The lowest BCUT2D eigenvalue weighted by Gasteiger charge is -2.27. The third-order valence-corrected chi connectivity index (χ3v) is 5.92. The topological polar surface area (TPSA) is 101 Å². The second kappa shape index (κ2) is 5.83. The molecule has 0 saturated heterocycles. The highest BCUT2D eigenvalue weighted by Gasteiger charge is 2.34. The van der Waals surface area contributed by atoms with Crippen LogP contribution in [0.15, 0.2) is 5.03 Å². The molecule has 1 fully saturated rings. The lowest BCUT2D eigenvalue weighted by Crippen LogP contribution is -2.36. The van der Waals surface area contributed by atoms with Gasteiger partial charge in [-0.15, -0.1) is 0 Å². The van der Waals surface area contributed by atoms with Crippen LogP contribution in [0.5, 0.6) is 0 Å². The Kier molecular flexibility index (Phi) is 4.51. The molecule has 0 aliphatic heterocycles. The molecule has 0 aromatic carbocycles. The zero-order chi connectivity index (χ0) is 14.8. The highest BCUT2D eigenvalue weighted by Crippen LogP contribution is 2.40. The first-order chi connectivity index (χ1) is 9.44. The van der Waals surface area contributed by atoms with Gasteiger partial charge in [0.25, 0.3) is 10.0 Å². The lowest BCUT2D eigenvalue weighted by atomic mass is 9.84. The maximum Gasteiger partial charge on any atom is 0.260 e. The van der Waals surface area contributed by atoms with E-state index in [1.54, 1.807) is 6.92 Å². The van der Waals surface area contributed by atoms with Crippen LogP contribution in [0.2, 0.25) is 0 Å². The SMILES string of the molecule is CCC1(CNS(=O)(=O)c2n[nH]c(C)c2CN)CCCC1. The van der Waals surface area contributed by atoms with Crippen molar-refractivity contribution in [2.45, 2.75) is 57.5 Å². The molecule has 0 radical (unpaired) electrons. The number of nitrogens with zero attached hydrogens (tertiary/aromatic N) is 1. The third-order valence-electron chi connectivity index (χ3n) is 4.55. The standard InChI is InChI=1S/C13H24N4O2S/c1-3-13(6-4-5-7-13)9-15-20(18,19)12-11(8-14)10(2)16-17-12/h15H,3-9,14H2,1-2H3,(H,16,17). The van der Waals surface area contributed by atoms with Gasteiger partial charge in [0.05, 0.1) is 0 Å². The van der Waals surface area contributed by atoms with Crippen molar-refractivity contribution in [1.29, 1.82) is 0 Å². The monoisotopic (exact) mass is 300 g/mol. The Hall–Kier alpha value is -0.920. The summed E-state index contributed by atoms with van der Waals surface area (Å²) in [5.74, 6) is 0. The van der Waals surface area contributed by atoms with Gasteiger partial charge in [-0.25, -0.2) is 13.1 Å². The Bertz CT molecular complexity index is 559. The lowest BCUT2D eigenvalue weighted by molar-refractivity contribution is 0.285. The van der Waals surface area contributed by atoms with Crippen LogP contribution in [0.3, 0.4) is 0 Å². The Morgan fingerprint density at radius 3 is 2.60 bits per heavy atom. The van der Waals surface area contributed by atoms with E-state index < -0.39 is 10.0 Å². The number of aromatic amines is 1. The van der Waals surface area contributed by atoms with E-state index in [1.165, 1.54) is 12.8 Å². The van der Waals surface area contributed by atoms with Crippen LogP contribution in [0, 0.1) is 12.3 Å². The van der Waals surface area contributed by atoms with Crippen molar-refractivity contribution in [2.24, 2.45) is 11.1 Å². The van der Waals surface area contributed by atoms with Crippen molar-refractivity contribution in [2.75, 3.05) is 6.54 Å². The number of H-pyrrole nitrogens is 1. The number of hydrogen-bond donors (Lipinski definition) is 3. The average Bonchev–Trinajstić information content (AvgIpc) is 3.04. The van der Waals surface area contributed by atoms with Crippen LogP contribution >= 0.6 is 0 Å². The van der Waals surface area contributed by atoms with E-state index in [4.69, 9.17) is 5.73 Å². The van der Waals surface area contributed by atoms with Gasteiger partial charge in [0, 0.05) is 24.3 Å². The van der Waals surface area contributed by atoms with Crippen molar-refractivity contribution >= 4 is 10.0 Å². The summed E-state index contributed by atoms with van der Waals surface area (Å²) in [5, 5.41) is 6.64. The molecule has 0 bridgehead atoms. The summed E-state index contributed by atoms with van der Waals surface area (Å²) in [6.07, 6.45) is 5.56. The maximum atomic E-state index is 12.4. The number of aryl methyl sites for hydroxylation is 1. The number of aromatic nitrogens is 2. The van der Waals surface area contributed by atoms with Crippen LogP contribution < -0.4 is 10.5 Å². The summed E-state index contributed by atoms with van der Waals surface area (Å²) < 4.78 is 27.5. The smallest absolute Gasteiger partial charge is 0.260 e. The van der Waals surface area contributed by atoms with Gasteiger partial charge in [0.2, 0.25) is 0 Å². The molecule has 2 rings (SSSR count). The van der Waals surface area contributed by atoms with Crippen molar-refractivity contribution in [1.82, 2.24) is 14.9 Å². The van der Waals surface area contributed by atoms with Crippen LogP contribution in [0.4, 0.5) is 0 Å². The predicted octanol–water partition coefficient (Wildman–Crippen LogP) is 1.43. The second-order valence-electron chi connectivity index (χ2n) is 5.72. The highest BCUT2D eigenvalue weighted by molar-refractivity contribution is 7.89. The molecule has 4 N–H and O–H groups in total. The molecule has 1 aliphatic rings.